The first-order valence-electron chi connectivity index (χ1n) is 10.7. The van der Waals surface area contributed by atoms with Crippen molar-refractivity contribution in [1.29, 1.82) is 0 Å². The molecule has 2 aliphatic rings. The van der Waals surface area contributed by atoms with Gasteiger partial charge in [-0.2, -0.15) is 0 Å². The maximum Gasteiger partial charge on any atom is 0.328 e. The van der Waals surface area contributed by atoms with Crippen LogP contribution < -0.4 is 11.1 Å². The van der Waals surface area contributed by atoms with Crippen molar-refractivity contribution in [3.8, 4) is 0 Å². The van der Waals surface area contributed by atoms with Gasteiger partial charge in [-0.3, -0.25) is 19.2 Å². The number of aliphatic carboxylic acids is 2. The lowest BCUT2D eigenvalue weighted by molar-refractivity contribution is -0.149. The fraction of sp³-hybridized carbons (Fsp3) is 0.750. The minimum Gasteiger partial charge on any atom is -0.481 e. The molecule has 2 heterocycles. The Morgan fingerprint density at radius 1 is 0.909 bits per heavy atom. The SMILES string of the molecule is CC(=O)O.C[C@@H](O)[C@H](N)C(=O)N1CCC[C@@H]1C(=O)N1CCC[C@H]1C(=O)N[C@@H](C(=O)O)[C@@H](C)O. The first-order chi connectivity index (χ1) is 15.3. The van der Waals surface area contributed by atoms with Crippen LogP contribution in [0, 0.1) is 0 Å². The summed E-state index contributed by atoms with van der Waals surface area (Å²) in [4.78, 5) is 61.2. The number of hydrogen-bond donors (Lipinski definition) is 6. The Morgan fingerprint density at radius 3 is 1.85 bits per heavy atom. The van der Waals surface area contributed by atoms with Gasteiger partial charge in [-0.15, -0.1) is 0 Å². The number of carboxylic acids is 2. The second kappa shape index (κ2) is 12.5. The number of nitrogens with one attached hydrogen (secondary N) is 1. The Hall–Kier alpha value is -2.77. The van der Waals surface area contributed by atoms with Crippen LogP contribution in [0.3, 0.4) is 0 Å². The zero-order valence-corrected chi connectivity index (χ0v) is 19.0. The largest absolute Gasteiger partial charge is 0.481 e. The van der Waals surface area contributed by atoms with E-state index in [1.807, 2.05) is 0 Å². The topological polar surface area (TPSA) is 211 Å². The molecule has 0 aromatic rings. The summed E-state index contributed by atoms with van der Waals surface area (Å²) >= 11 is 0. The highest BCUT2D eigenvalue weighted by molar-refractivity contribution is 5.95. The fourth-order valence-corrected chi connectivity index (χ4v) is 3.82. The molecule has 0 saturated carbocycles. The van der Waals surface area contributed by atoms with Crippen molar-refractivity contribution >= 4 is 29.7 Å². The van der Waals surface area contributed by atoms with Crippen molar-refractivity contribution in [3.63, 3.8) is 0 Å². The predicted molar refractivity (Wildman–Crippen MR) is 114 cm³/mol. The van der Waals surface area contributed by atoms with E-state index >= 15 is 0 Å². The summed E-state index contributed by atoms with van der Waals surface area (Å²) in [5.74, 6) is -3.77. The number of aliphatic hydroxyl groups excluding tert-OH is 2. The van der Waals surface area contributed by atoms with Gasteiger partial charge in [0.2, 0.25) is 17.7 Å². The summed E-state index contributed by atoms with van der Waals surface area (Å²) < 4.78 is 0. The molecule has 0 radical (unpaired) electrons. The average molecular weight is 475 g/mol. The molecular formula is C20H34N4O9. The van der Waals surface area contributed by atoms with Crippen molar-refractivity contribution in [2.75, 3.05) is 13.1 Å². The van der Waals surface area contributed by atoms with Crippen LogP contribution in [0.5, 0.6) is 0 Å². The Morgan fingerprint density at radius 2 is 1.39 bits per heavy atom. The molecule has 2 saturated heterocycles. The number of nitrogens with zero attached hydrogens (tertiary/aromatic N) is 2. The lowest BCUT2D eigenvalue weighted by Gasteiger charge is -2.33. The van der Waals surface area contributed by atoms with Gasteiger partial charge in [0, 0.05) is 20.0 Å². The molecule has 2 rings (SSSR count). The number of rotatable bonds is 7. The quantitative estimate of drug-likeness (QED) is 0.233. The van der Waals surface area contributed by atoms with Crippen molar-refractivity contribution in [3.05, 3.63) is 0 Å². The molecule has 0 aromatic heterocycles. The van der Waals surface area contributed by atoms with E-state index in [4.69, 9.17) is 20.7 Å². The van der Waals surface area contributed by atoms with Crippen LogP contribution in [0.4, 0.5) is 0 Å². The maximum absolute atomic E-state index is 13.1. The van der Waals surface area contributed by atoms with Gasteiger partial charge in [0.05, 0.1) is 12.2 Å². The zero-order valence-electron chi connectivity index (χ0n) is 19.0. The van der Waals surface area contributed by atoms with Gasteiger partial charge >= 0.3 is 5.97 Å². The van der Waals surface area contributed by atoms with Crippen LogP contribution in [0.25, 0.3) is 0 Å². The highest BCUT2D eigenvalue weighted by Gasteiger charge is 2.44. The van der Waals surface area contributed by atoms with E-state index in [0.717, 1.165) is 6.92 Å². The molecule has 3 amide bonds. The van der Waals surface area contributed by atoms with Crippen LogP contribution in [-0.2, 0) is 24.0 Å². The molecule has 13 nitrogen and oxygen atoms in total. The lowest BCUT2D eigenvalue weighted by atomic mass is 10.1. The summed E-state index contributed by atoms with van der Waals surface area (Å²) in [6.07, 6.45) is -0.415. The van der Waals surface area contributed by atoms with E-state index in [1.165, 1.54) is 23.6 Å². The molecule has 2 fully saturated rings. The fourth-order valence-electron chi connectivity index (χ4n) is 3.82. The standard InChI is InChI=1S/C18H30N4O7.C2H4O2/c1-9(23)13(19)17(27)22-8-4-6-12(22)16(26)21-7-3-5-11(21)15(25)20-14(10(2)24)18(28)29;1-2(3)4/h9-14,23-24H,3-8,19H2,1-2H3,(H,20,25)(H,28,29);1H3,(H,3,4)/t9-,10-,11+,12-,13+,14-;/m1./s1. The molecule has 33 heavy (non-hydrogen) atoms. The number of aliphatic hydroxyl groups is 2. The number of likely N-dealkylation sites (tertiary alicyclic amines) is 2. The highest BCUT2D eigenvalue weighted by Crippen LogP contribution is 2.25. The summed E-state index contributed by atoms with van der Waals surface area (Å²) in [7, 11) is 0. The molecular weight excluding hydrogens is 440 g/mol. The van der Waals surface area contributed by atoms with Crippen molar-refractivity contribution < 1.29 is 44.4 Å². The van der Waals surface area contributed by atoms with E-state index in [2.05, 4.69) is 5.32 Å². The first-order valence-corrected chi connectivity index (χ1v) is 10.7. The minimum absolute atomic E-state index is 0.310. The maximum atomic E-state index is 13.1. The Kier molecular flexibility index (Phi) is 10.7. The van der Waals surface area contributed by atoms with Crippen molar-refractivity contribution in [2.24, 2.45) is 5.73 Å². The van der Waals surface area contributed by atoms with Gasteiger partial charge in [-0.1, -0.05) is 0 Å². The van der Waals surface area contributed by atoms with Gasteiger partial charge in [0.15, 0.2) is 6.04 Å². The average Bonchev–Trinajstić information content (AvgIpc) is 3.38. The first kappa shape index (κ1) is 28.3. The zero-order chi connectivity index (χ0) is 25.5. The normalized spacial score (nSPS) is 23.6. The van der Waals surface area contributed by atoms with E-state index in [1.54, 1.807) is 0 Å². The van der Waals surface area contributed by atoms with Crippen molar-refractivity contribution in [1.82, 2.24) is 15.1 Å². The Labute approximate surface area is 191 Å². The number of hydrogen-bond acceptors (Lipinski definition) is 8. The van der Waals surface area contributed by atoms with Crippen LogP contribution in [-0.4, -0.2) is 109 Å². The van der Waals surface area contributed by atoms with Crippen molar-refractivity contribution in [2.45, 2.75) is 82.8 Å². The number of carboxylic acid groups (broad SMARTS) is 2. The molecule has 0 unspecified atom stereocenters. The highest BCUT2D eigenvalue weighted by atomic mass is 16.4. The summed E-state index contributed by atoms with van der Waals surface area (Å²) in [6, 6.07) is -4.25. The number of carbonyl (C=O) groups is 5. The van der Waals surface area contributed by atoms with E-state index < -0.39 is 66.0 Å². The molecule has 7 N–H and O–H groups in total. The van der Waals surface area contributed by atoms with E-state index in [9.17, 15) is 29.4 Å². The van der Waals surface area contributed by atoms with Gasteiger partial charge in [0.1, 0.15) is 18.1 Å². The van der Waals surface area contributed by atoms with Crippen LogP contribution in [0.2, 0.25) is 0 Å². The molecule has 0 aromatic carbocycles. The lowest BCUT2D eigenvalue weighted by Crippen LogP contribution is -2.58. The Bertz CT molecular complexity index is 739. The molecule has 188 valence electrons. The monoisotopic (exact) mass is 474 g/mol. The van der Waals surface area contributed by atoms with Gasteiger partial charge in [0.25, 0.3) is 5.97 Å². The number of nitrogens with two attached hydrogens (primary N) is 1. The van der Waals surface area contributed by atoms with E-state index in [-0.39, 0.29) is 0 Å². The smallest absolute Gasteiger partial charge is 0.328 e. The molecule has 0 spiro atoms. The van der Waals surface area contributed by atoms with Crippen LogP contribution in [0.1, 0.15) is 46.5 Å². The number of carbonyl (C=O) groups excluding carboxylic acids is 3. The third-order valence-corrected chi connectivity index (χ3v) is 5.51. The molecule has 0 bridgehead atoms. The van der Waals surface area contributed by atoms with Gasteiger partial charge in [-0.05, 0) is 39.5 Å². The molecule has 6 atom stereocenters. The second-order valence-corrected chi connectivity index (χ2v) is 8.23. The summed E-state index contributed by atoms with van der Waals surface area (Å²) in [5.41, 5.74) is 5.73. The van der Waals surface area contributed by atoms with Crippen LogP contribution in [0.15, 0.2) is 0 Å². The summed E-state index contributed by atoms with van der Waals surface area (Å²) in [5, 5.41) is 38.0. The van der Waals surface area contributed by atoms with E-state index in [0.29, 0.717) is 38.8 Å². The second-order valence-electron chi connectivity index (χ2n) is 8.23. The third kappa shape index (κ3) is 7.65. The number of amides is 3. The van der Waals surface area contributed by atoms with Crippen LogP contribution >= 0.6 is 0 Å². The predicted octanol–water partition coefficient (Wildman–Crippen LogP) is -2.28. The molecule has 0 aliphatic carbocycles. The minimum atomic E-state index is -1.48. The summed E-state index contributed by atoms with van der Waals surface area (Å²) in [6.45, 7) is 4.38. The third-order valence-electron chi connectivity index (χ3n) is 5.51. The van der Waals surface area contributed by atoms with Gasteiger partial charge < -0.3 is 41.3 Å². The molecule has 2 aliphatic heterocycles. The Balaban J connectivity index is 0.00000125. The molecule has 13 heteroatoms. The van der Waals surface area contributed by atoms with Gasteiger partial charge in [-0.25, -0.2) is 4.79 Å².